The van der Waals surface area contributed by atoms with Gasteiger partial charge in [0.1, 0.15) is 17.9 Å². The lowest BCUT2D eigenvalue weighted by Gasteiger charge is -2.55. The Kier molecular flexibility index (Phi) is 12.1. The molecule has 1 saturated heterocycles. The fraction of sp³-hybridized carbons (Fsp3) is 0.651. The number of carbonyl (C=O) groups is 5. The summed E-state index contributed by atoms with van der Waals surface area (Å²) in [5.41, 5.74) is -4.46. The zero-order valence-electron chi connectivity index (χ0n) is 35.0. The van der Waals surface area contributed by atoms with Gasteiger partial charge in [0.15, 0.2) is 23.4 Å². The van der Waals surface area contributed by atoms with Gasteiger partial charge >= 0.3 is 18.0 Å². The molecule has 4 aliphatic carbocycles. The van der Waals surface area contributed by atoms with Crippen LogP contribution in [-0.4, -0.2) is 100 Å². The van der Waals surface area contributed by atoms with Gasteiger partial charge < -0.3 is 39.2 Å². The number of nitrogens with zero attached hydrogens (tertiary/aromatic N) is 1. The van der Waals surface area contributed by atoms with Gasteiger partial charge in [-0.2, -0.15) is 0 Å². The number of alkyl carbamates (subject to hydrolysis) is 1. The van der Waals surface area contributed by atoms with Crippen LogP contribution in [0.15, 0.2) is 58.4 Å². The van der Waals surface area contributed by atoms with Gasteiger partial charge in [0.05, 0.1) is 43.9 Å². The number of aldehydes is 1. The van der Waals surface area contributed by atoms with Crippen molar-refractivity contribution in [2.75, 3.05) is 7.11 Å². The summed E-state index contributed by atoms with van der Waals surface area (Å²) in [7, 11) is 1.15. The summed E-state index contributed by atoms with van der Waals surface area (Å²) in [6.07, 6.45) is 3.11. The first-order valence-electron chi connectivity index (χ1n) is 20.2. The van der Waals surface area contributed by atoms with Crippen molar-refractivity contribution in [3.05, 3.63) is 68.5 Å². The third-order valence-corrected chi connectivity index (χ3v) is 13.9. The molecule has 1 amide bonds. The Morgan fingerprint density at radius 1 is 1.07 bits per heavy atom. The first-order valence-corrected chi connectivity index (χ1v) is 20.2. The van der Waals surface area contributed by atoms with Gasteiger partial charge in [0, 0.05) is 42.4 Å². The van der Waals surface area contributed by atoms with E-state index in [0.29, 0.717) is 18.3 Å². The van der Waals surface area contributed by atoms with Gasteiger partial charge in [-0.05, 0) is 68.6 Å². The second-order valence-electron chi connectivity index (χ2n) is 17.8. The number of ketones is 1. The zero-order valence-corrected chi connectivity index (χ0v) is 35.0. The van der Waals surface area contributed by atoms with Crippen LogP contribution in [0.4, 0.5) is 4.79 Å². The third-order valence-electron chi connectivity index (χ3n) is 13.9. The quantitative estimate of drug-likeness (QED) is 0.0649. The number of esters is 2. The number of hydrogen-bond acceptors (Lipinski definition) is 14. The topological polar surface area (TPSA) is 227 Å². The van der Waals surface area contributed by atoms with E-state index < -0.39 is 117 Å². The molecule has 16 nitrogen and oxygen atoms in total. The van der Waals surface area contributed by atoms with Crippen molar-refractivity contribution in [3.8, 4) is 0 Å². The molecule has 0 radical (unpaired) electrons. The monoisotopic (exact) mass is 824 g/mol. The highest BCUT2D eigenvalue weighted by Crippen LogP contribution is 2.59. The summed E-state index contributed by atoms with van der Waals surface area (Å²) < 4.78 is 29.6. The lowest BCUT2D eigenvalue weighted by molar-refractivity contribution is -0.584. The summed E-state index contributed by atoms with van der Waals surface area (Å²) >= 11 is 0. The average molecular weight is 825 g/mol. The lowest BCUT2D eigenvalue weighted by Crippen LogP contribution is -2.65. The molecule has 6 rings (SSSR count). The highest BCUT2D eigenvalue weighted by Gasteiger charge is 2.65. The van der Waals surface area contributed by atoms with Crippen LogP contribution in [-0.2, 0) is 42.9 Å². The SMILES string of the molecule is COC(=O)N[C@H]1[C@@H](C)O[C@@H](O[C@H]2C/C=C(\C)[C@@H]3C=C[C@@H]4[C@@H](O)[C@@H](C)C[C@H](C)[C@H]4[C@]3(C)C(=O)C3=C(OC(C)=O)[C@@]4(CC(C=O)=C[C@H](O)[C@H]4C=C2C)OC3=O)C[C@]1(C)[N+](=O)[O-]. The molecule has 2 aliphatic heterocycles. The Bertz CT molecular complexity index is 1950. The van der Waals surface area contributed by atoms with E-state index in [1.807, 2.05) is 39.0 Å². The molecule has 2 bridgehead atoms. The van der Waals surface area contributed by atoms with E-state index in [2.05, 4.69) is 5.32 Å². The van der Waals surface area contributed by atoms with Gasteiger partial charge in [-0.1, -0.05) is 50.6 Å². The second-order valence-corrected chi connectivity index (χ2v) is 17.8. The lowest BCUT2D eigenvalue weighted by atomic mass is 9.48. The molecule has 1 saturated carbocycles. The molecule has 59 heavy (non-hydrogen) atoms. The van der Waals surface area contributed by atoms with E-state index in [-0.39, 0.29) is 36.7 Å². The fourth-order valence-corrected chi connectivity index (χ4v) is 11.1. The number of aliphatic hydroxyl groups is 2. The van der Waals surface area contributed by atoms with E-state index >= 15 is 4.79 Å². The maximum Gasteiger partial charge on any atom is 0.407 e. The van der Waals surface area contributed by atoms with Gasteiger partial charge in [-0.15, -0.1) is 0 Å². The summed E-state index contributed by atoms with van der Waals surface area (Å²) in [5, 5.41) is 38.5. The van der Waals surface area contributed by atoms with Crippen LogP contribution in [0.25, 0.3) is 0 Å². The van der Waals surface area contributed by atoms with Gasteiger partial charge in [-0.25, -0.2) is 9.59 Å². The maximum atomic E-state index is 15.6. The third kappa shape index (κ3) is 7.39. The van der Waals surface area contributed by atoms with Crippen molar-refractivity contribution in [2.24, 2.45) is 40.9 Å². The zero-order chi connectivity index (χ0) is 43.5. The largest absolute Gasteiger partial charge is 0.453 e. The maximum absolute atomic E-state index is 15.6. The highest BCUT2D eigenvalue weighted by molar-refractivity contribution is 6.22. The molecule has 3 N–H and O–H groups in total. The number of fused-ring (bicyclic) bond motifs is 3. The van der Waals surface area contributed by atoms with Crippen LogP contribution in [0.1, 0.15) is 81.1 Å². The number of methoxy groups -OCH3 is 1. The Balaban J connectivity index is 1.56. The summed E-state index contributed by atoms with van der Waals surface area (Å²) in [4.78, 5) is 79.6. The standard InChI is InChI=1S/C43H56N2O14/c1-20-10-13-31(58-32-18-41(7,45(53)54)36(24(5)56-32)44-40(52)55-9)21(2)15-29-30(48)16-26(19-46)17-43(29)38(57-25(6)47)33(39(51)59-43)37(50)42(8)28(20)12-11-27-34(42)22(3)14-23(4)35(27)49/h10-12,15-16,19,22-24,27-32,34-36,48-49H,13-14,17-18H2,1-9H3,(H,44,52)/b20-10+,21-15?/t22-,23-,24+,27-,28-,29+,30-,31-,32-,34+,35-,36-,41-,42+,43-/m0/s1. The smallest absolute Gasteiger partial charge is 0.407 e. The number of ether oxygens (including phenoxy) is 5. The van der Waals surface area contributed by atoms with E-state index in [0.717, 1.165) is 19.6 Å². The first-order chi connectivity index (χ1) is 27.6. The van der Waals surface area contributed by atoms with E-state index in [9.17, 15) is 39.5 Å². The Morgan fingerprint density at radius 3 is 2.39 bits per heavy atom. The molecule has 0 unspecified atom stereocenters. The molecule has 0 aromatic heterocycles. The van der Waals surface area contributed by atoms with Crippen molar-refractivity contribution >= 4 is 30.1 Å². The van der Waals surface area contributed by atoms with Crippen LogP contribution in [0.3, 0.4) is 0 Å². The van der Waals surface area contributed by atoms with E-state index in [1.165, 1.54) is 13.0 Å². The van der Waals surface area contributed by atoms with Crippen molar-refractivity contribution in [2.45, 2.75) is 129 Å². The molecular weight excluding hydrogens is 768 g/mol. The van der Waals surface area contributed by atoms with E-state index in [4.69, 9.17) is 23.7 Å². The summed E-state index contributed by atoms with van der Waals surface area (Å²) in [5.74, 6) is -6.01. The molecule has 0 aromatic carbocycles. The predicted octanol–water partition coefficient (Wildman–Crippen LogP) is 4.21. The Labute approximate surface area is 343 Å². The minimum Gasteiger partial charge on any atom is -0.453 e. The number of allylic oxidation sites excluding steroid dienone is 2. The molecule has 322 valence electrons. The van der Waals surface area contributed by atoms with Crippen LogP contribution in [0.5, 0.6) is 0 Å². The number of aliphatic hydroxyl groups excluding tert-OH is 2. The normalized spacial score (nSPS) is 43.0. The number of rotatable bonds is 6. The molecule has 2 heterocycles. The molecule has 2 fully saturated rings. The van der Waals surface area contributed by atoms with Gasteiger partial charge in [-0.3, -0.25) is 24.5 Å². The van der Waals surface area contributed by atoms with Crippen molar-refractivity contribution < 1.29 is 62.8 Å². The molecule has 1 spiro atoms. The Morgan fingerprint density at radius 2 is 1.76 bits per heavy atom. The van der Waals surface area contributed by atoms with Crippen LogP contribution >= 0.6 is 0 Å². The minimum atomic E-state index is -2.03. The number of nitrogens with one attached hydrogen (secondary N) is 1. The van der Waals surface area contributed by atoms with Crippen molar-refractivity contribution in [1.29, 1.82) is 0 Å². The molecule has 16 heteroatoms. The molecule has 6 aliphatic rings. The summed E-state index contributed by atoms with van der Waals surface area (Å²) in [6.45, 7) is 13.4. The van der Waals surface area contributed by atoms with E-state index in [1.54, 1.807) is 26.8 Å². The van der Waals surface area contributed by atoms with Crippen LogP contribution < -0.4 is 5.32 Å². The summed E-state index contributed by atoms with van der Waals surface area (Å²) in [6, 6.07) is -1.08. The minimum absolute atomic E-state index is 0.0436. The number of Topliss-reactive ketones (excluding diaryl/α,β-unsaturated/α-hetero) is 1. The predicted molar refractivity (Wildman–Crippen MR) is 208 cm³/mol. The number of carbonyl (C=O) groups excluding carboxylic acids is 5. The average Bonchev–Trinajstić information content (AvgIpc) is 3.42. The molecular formula is C43H56N2O14. The Hall–Kier alpha value is -4.51. The number of hydrogen-bond donors (Lipinski definition) is 3. The first kappa shape index (κ1) is 44.1. The van der Waals surface area contributed by atoms with Crippen LogP contribution in [0.2, 0.25) is 0 Å². The fourth-order valence-electron chi connectivity index (χ4n) is 11.1. The molecule has 0 aromatic rings. The van der Waals surface area contributed by atoms with Gasteiger partial charge in [0.25, 0.3) is 0 Å². The second kappa shape index (κ2) is 16.2. The highest BCUT2D eigenvalue weighted by atomic mass is 16.7. The number of amides is 1. The number of nitro groups is 1. The van der Waals surface area contributed by atoms with Gasteiger partial charge in [0.2, 0.25) is 5.54 Å². The molecule has 15 atom stereocenters. The van der Waals surface area contributed by atoms with Crippen molar-refractivity contribution in [3.63, 3.8) is 0 Å². The van der Waals surface area contributed by atoms with Crippen LogP contribution in [0, 0.1) is 51.0 Å². The van der Waals surface area contributed by atoms with Crippen molar-refractivity contribution in [1.82, 2.24) is 5.32 Å².